The first-order valence-corrected chi connectivity index (χ1v) is 17.8. The van der Waals surface area contributed by atoms with Gasteiger partial charge in [-0.15, -0.1) is 46.2 Å². The molecule has 1 saturated carbocycles. The first-order chi connectivity index (χ1) is 20.2. The molecule has 45 heavy (non-hydrogen) atoms. The van der Waals surface area contributed by atoms with Crippen LogP contribution < -0.4 is 24.8 Å². The average Bonchev–Trinajstić information content (AvgIpc) is 3.62. The van der Waals surface area contributed by atoms with Crippen molar-refractivity contribution in [1.82, 2.24) is 0 Å². The minimum atomic E-state index is 0. The number of halogens is 2. The Morgan fingerprint density at radius 3 is 1.51 bits per heavy atom. The van der Waals surface area contributed by atoms with Crippen molar-refractivity contribution in [3.63, 3.8) is 0 Å². The molecule has 0 nitrogen and oxygen atoms in total. The molecule has 4 aliphatic carbocycles. The number of benzene rings is 2. The number of allylic oxidation sites excluding steroid dienone is 8. The van der Waals surface area contributed by atoms with E-state index in [4.69, 9.17) is 0 Å². The molecule has 0 N–H and O–H groups in total. The Morgan fingerprint density at radius 2 is 1.18 bits per heavy atom. The van der Waals surface area contributed by atoms with Crippen molar-refractivity contribution in [2.75, 3.05) is 0 Å². The maximum atomic E-state index is 3.16. The molecule has 0 radical (unpaired) electrons. The number of rotatable bonds is 0. The molecule has 3 aromatic carbocycles. The zero-order valence-electron chi connectivity index (χ0n) is 29.1. The van der Waals surface area contributed by atoms with Crippen LogP contribution in [0.25, 0.3) is 32.7 Å². The van der Waals surface area contributed by atoms with Gasteiger partial charge in [-0.05, 0) is 59.8 Å². The van der Waals surface area contributed by atoms with E-state index in [2.05, 4.69) is 123 Å². The summed E-state index contributed by atoms with van der Waals surface area (Å²) in [4.78, 5) is 0. The molecular formula is C42H52Cl2Zr-2. The predicted octanol–water partition coefficient (Wildman–Crippen LogP) is 6.28. The van der Waals surface area contributed by atoms with Gasteiger partial charge in [-0.25, -0.2) is 6.08 Å². The van der Waals surface area contributed by atoms with E-state index in [1.807, 2.05) is 0 Å². The molecule has 1 fully saturated rings. The summed E-state index contributed by atoms with van der Waals surface area (Å²) in [6, 6.07) is 12.3. The van der Waals surface area contributed by atoms with Crippen molar-refractivity contribution in [3.05, 3.63) is 88.5 Å². The van der Waals surface area contributed by atoms with E-state index in [0.717, 1.165) is 19.3 Å². The van der Waals surface area contributed by atoms with Gasteiger partial charge in [0.15, 0.2) is 0 Å². The van der Waals surface area contributed by atoms with E-state index in [-0.39, 0.29) is 35.6 Å². The summed E-state index contributed by atoms with van der Waals surface area (Å²) in [7, 11) is 0. The Bertz CT molecular complexity index is 1580. The standard InChI is InChI=1S/C27H29.C9H13.C6H10.2ClH.Zr/c1-16-7-9-26(3,4)24-12-18-11-19-13-25-21(17(2)8-10-27(25,5)6)15-23(19)22(18)14-20(16)24;1-9(2,3)8-6-4-5-7-8;1-2-4-6-5-3-1;;;/h7-8,11-15H,9-10H2,1-6H3;6-7H,4H2,1-3H3;1-5H2;2*1H;/q2*-1;;;;+2/p-2. The van der Waals surface area contributed by atoms with Crippen molar-refractivity contribution in [2.45, 2.75) is 125 Å². The van der Waals surface area contributed by atoms with E-state index in [1.54, 1.807) is 27.4 Å². The van der Waals surface area contributed by atoms with Crippen molar-refractivity contribution in [1.29, 1.82) is 0 Å². The normalized spacial score (nSPS) is 19.4. The molecule has 3 aromatic rings. The quantitative estimate of drug-likeness (QED) is 0.240. The average molecular weight is 719 g/mol. The Morgan fingerprint density at radius 1 is 0.711 bits per heavy atom. The van der Waals surface area contributed by atoms with Gasteiger partial charge < -0.3 is 24.8 Å². The first kappa shape index (κ1) is 38.1. The van der Waals surface area contributed by atoms with Crippen LogP contribution in [0.4, 0.5) is 0 Å². The fourth-order valence-electron chi connectivity index (χ4n) is 7.03. The van der Waals surface area contributed by atoms with Gasteiger partial charge in [0.1, 0.15) is 0 Å². The summed E-state index contributed by atoms with van der Waals surface area (Å²) in [6.07, 6.45) is 22.9. The van der Waals surface area contributed by atoms with E-state index >= 15 is 0 Å². The summed E-state index contributed by atoms with van der Waals surface area (Å²) in [5, 5.41) is 5.61. The molecule has 0 heterocycles. The van der Waals surface area contributed by atoms with Gasteiger partial charge in [-0.1, -0.05) is 89.3 Å². The molecule has 3 heteroatoms. The van der Waals surface area contributed by atoms with E-state index in [9.17, 15) is 0 Å². The van der Waals surface area contributed by atoms with Gasteiger partial charge in [0, 0.05) is 0 Å². The maximum absolute atomic E-state index is 3.16. The summed E-state index contributed by atoms with van der Waals surface area (Å²) in [5.41, 5.74) is 10.9. The Kier molecular flexibility index (Phi) is 12.5. The van der Waals surface area contributed by atoms with Crippen molar-refractivity contribution in [3.8, 4) is 0 Å². The van der Waals surface area contributed by atoms with Gasteiger partial charge in [-0.3, -0.25) is 6.08 Å². The van der Waals surface area contributed by atoms with Crippen LogP contribution >= 0.6 is 0 Å². The van der Waals surface area contributed by atoms with Crippen molar-refractivity contribution >= 4 is 35.9 Å². The third-order valence-electron chi connectivity index (χ3n) is 10.1. The van der Waals surface area contributed by atoms with Crippen LogP contribution in [0.15, 0.2) is 60.2 Å². The second-order valence-electron chi connectivity index (χ2n) is 15.7. The van der Waals surface area contributed by atoms with E-state index < -0.39 is 0 Å². The molecule has 240 valence electrons. The second-order valence-corrected chi connectivity index (χ2v) is 17.4. The third kappa shape index (κ3) is 8.37. The fourth-order valence-corrected chi connectivity index (χ4v) is 7.90. The van der Waals surface area contributed by atoms with Crippen LogP contribution in [-0.2, 0) is 35.1 Å². The number of hydrogen-bond donors (Lipinski definition) is 0. The van der Waals surface area contributed by atoms with Crippen molar-refractivity contribution in [2.24, 2.45) is 5.41 Å². The Hall–Kier alpha value is -1.40. The topological polar surface area (TPSA) is 0 Å². The van der Waals surface area contributed by atoms with Crippen LogP contribution in [-0.4, -0.2) is 3.21 Å². The van der Waals surface area contributed by atoms with Gasteiger partial charge >= 0.3 is 59.5 Å². The van der Waals surface area contributed by atoms with Crippen LogP contribution in [0.5, 0.6) is 0 Å². The first-order valence-electron chi connectivity index (χ1n) is 16.6. The van der Waals surface area contributed by atoms with Gasteiger partial charge in [-0.2, -0.15) is 11.6 Å². The number of hydrogen-bond acceptors (Lipinski definition) is 0. The summed E-state index contributed by atoms with van der Waals surface area (Å²) in [5.74, 6) is 0. The summed E-state index contributed by atoms with van der Waals surface area (Å²) < 4.78 is 1.80. The predicted molar refractivity (Wildman–Crippen MR) is 188 cm³/mol. The zero-order valence-corrected chi connectivity index (χ0v) is 33.1. The number of fused-ring (bicyclic) bond motifs is 5. The van der Waals surface area contributed by atoms with E-state index in [0.29, 0.717) is 5.41 Å². The molecule has 0 bridgehead atoms. The van der Waals surface area contributed by atoms with Gasteiger partial charge in [0.2, 0.25) is 0 Å². The van der Waals surface area contributed by atoms with Gasteiger partial charge in [0.05, 0.1) is 0 Å². The second kappa shape index (κ2) is 14.8. The molecule has 0 unspecified atom stereocenters. The van der Waals surface area contributed by atoms with Crippen molar-refractivity contribution < 1.29 is 49.0 Å². The molecular weight excluding hydrogens is 667 g/mol. The minimum absolute atomic E-state index is 0. The Labute approximate surface area is 301 Å². The Balaban J connectivity index is 0.000000253. The molecule has 0 aromatic heterocycles. The molecule has 0 atom stereocenters. The SMILES string of the molecule is CC(C)(C)C1=CC[C-]=C1.CC1=CCC(C)(C)c2cc3[cH-]c4cc5c(cc4c3cc21)C(C)=CCC5(C)C.[Cl-].[Cl-].[Zr+2]=[C]1CCCCC1. The third-order valence-corrected chi connectivity index (χ3v) is 11.4. The zero-order chi connectivity index (χ0) is 31.2. The van der Waals surface area contributed by atoms with Crippen LogP contribution in [0, 0.1) is 11.5 Å². The monoisotopic (exact) mass is 716 g/mol. The van der Waals surface area contributed by atoms with Gasteiger partial charge in [0.25, 0.3) is 0 Å². The van der Waals surface area contributed by atoms with Crippen LogP contribution in [0.3, 0.4) is 0 Å². The molecule has 4 aliphatic rings. The molecule has 0 aliphatic heterocycles. The summed E-state index contributed by atoms with van der Waals surface area (Å²) >= 11 is 1.69. The van der Waals surface area contributed by atoms with E-state index in [1.165, 1.54) is 92.6 Å². The molecule has 7 rings (SSSR count). The van der Waals surface area contributed by atoms with Crippen LogP contribution in [0.1, 0.15) is 136 Å². The molecule has 0 spiro atoms. The molecule has 0 saturated heterocycles. The summed E-state index contributed by atoms with van der Waals surface area (Å²) in [6.45, 7) is 20.7. The molecule has 0 amide bonds. The fraction of sp³-hybridized carbons (Fsp3) is 0.476. The van der Waals surface area contributed by atoms with Crippen LogP contribution in [0.2, 0.25) is 0 Å².